The molecular weight excluding hydrogens is 402 g/mol. The van der Waals surface area contributed by atoms with Crippen molar-refractivity contribution in [1.29, 1.82) is 0 Å². The molecule has 0 aliphatic carbocycles. The zero-order valence-corrected chi connectivity index (χ0v) is 19.3. The smallest absolute Gasteiger partial charge is 0.410 e. The van der Waals surface area contributed by atoms with Gasteiger partial charge in [-0.2, -0.15) is 0 Å². The van der Waals surface area contributed by atoms with Gasteiger partial charge < -0.3 is 25.0 Å². The van der Waals surface area contributed by atoms with E-state index in [0.29, 0.717) is 17.7 Å². The second-order valence-corrected chi connectivity index (χ2v) is 9.09. The lowest BCUT2D eigenvalue weighted by atomic mass is 9.71. The number of hydrogen-bond acceptors (Lipinski definition) is 5. The molecular formula is C26H35N3O3. The molecule has 2 heterocycles. The Hall–Kier alpha value is -2.89. The Morgan fingerprint density at radius 3 is 2.31 bits per heavy atom. The maximum atomic E-state index is 12.5. The molecule has 0 atom stereocenters. The van der Waals surface area contributed by atoms with Gasteiger partial charge in [0.15, 0.2) is 0 Å². The van der Waals surface area contributed by atoms with Crippen LogP contribution in [0.2, 0.25) is 0 Å². The number of nitrogen functional groups attached to an aromatic ring is 1. The maximum Gasteiger partial charge on any atom is 0.410 e. The fourth-order valence-corrected chi connectivity index (χ4v) is 5.08. The summed E-state index contributed by atoms with van der Waals surface area (Å²) in [6, 6.07) is 14.0. The average Bonchev–Trinajstić information content (AvgIpc) is 2.84. The van der Waals surface area contributed by atoms with Gasteiger partial charge in [-0.25, -0.2) is 4.79 Å². The Bertz CT molecular complexity index is 913. The van der Waals surface area contributed by atoms with Crippen LogP contribution in [-0.2, 0) is 17.8 Å². The van der Waals surface area contributed by atoms with Crippen LogP contribution in [0, 0.1) is 5.41 Å². The van der Waals surface area contributed by atoms with Crippen molar-refractivity contribution in [2.75, 3.05) is 43.9 Å². The number of amides is 1. The molecule has 2 aromatic rings. The van der Waals surface area contributed by atoms with Gasteiger partial charge in [0, 0.05) is 37.9 Å². The second-order valence-electron chi connectivity index (χ2n) is 9.09. The normalized spacial score (nSPS) is 17.9. The molecule has 2 aliphatic heterocycles. The van der Waals surface area contributed by atoms with Crippen LogP contribution in [-0.4, -0.2) is 44.3 Å². The zero-order chi connectivity index (χ0) is 22.6. The van der Waals surface area contributed by atoms with E-state index in [-0.39, 0.29) is 6.09 Å². The fourth-order valence-electron chi connectivity index (χ4n) is 5.08. The van der Waals surface area contributed by atoms with E-state index in [1.54, 1.807) is 7.11 Å². The highest BCUT2D eigenvalue weighted by Crippen LogP contribution is 2.43. The van der Waals surface area contributed by atoms with Gasteiger partial charge in [-0.05, 0) is 54.7 Å². The van der Waals surface area contributed by atoms with Crippen molar-refractivity contribution in [2.24, 2.45) is 5.41 Å². The van der Waals surface area contributed by atoms with Crippen LogP contribution < -0.4 is 15.4 Å². The molecule has 2 saturated heterocycles. The predicted molar refractivity (Wildman–Crippen MR) is 128 cm³/mol. The first kappa shape index (κ1) is 22.3. The summed E-state index contributed by atoms with van der Waals surface area (Å²) < 4.78 is 11.0. The Balaban J connectivity index is 1.31. The number of rotatable bonds is 5. The number of nitrogens with two attached hydrogens (primary N) is 1. The number of likely N-dealkylation sites (tertiary alicyclic amines) is 1. The molecule has 0 bridgehead atoms. The minimum atomic E-state index is -0.192. The van der Waals surface area contributed by atoms with E-state index in [1.165, 1.54) is 11.3 Å². The first-order valence-corrected chi connectivity index (χ1v) is 11.7. The number of hydrogen-bond donors (Lipinski definition) is 1. The third kappa shape index (κ3) is 4.79. The molecule has 0 radical (unpaired) electrons. The summed E-state index contributed by atoms with van der Waals surface area (Å²) >= 11 is 0. The lowest BCUT2D eigenvalue weighted by molar-refractivity contribution is 0.0516. The molecule has 6 heteroatoms. The summed E-state index contributed by atoms with van der Waals surface area (Å²) in [5, 5.41) is 0. The summed E-state index contributed by atoms with van der Waals surface area (Å²) in [7, 11) is 1.67. The van der Waals surface area contributed by atoms with E-state index in [2.05, 4.69) is 24.0 Å². The Labute approximate surface area is 191 Å². The minimum Gasteiger partial charge on any atom is -0.495 e. The first-order valence-electron chi connectivity index (χ1n) is 11.7. The Morgan fingerprint density at radius 1 is 1.03 bits per heavy atom. The topological polar surface area (TPSA) is 68.0 Å². The van der Waals surface area contributed by atoms with Gasteiger partial charge in [0.1, 0.15) is 12.4 Å². The number of ether oxygens (including phenoxy) is 2. The number of piperidine rings is 2. The van der Waals surface area contributed by atoms with Crippen LogP contribution in [0.25, 0.3) is 0 Å². The Kier molecular flexibility index (Phi) is 6.77. The number of carbonyl (C=O) groups excluding carboxylic acids is 1. The van der Waals surface area contributed by atoms with Gasteiger partial charge in [0.25, 0.3) is 0 Å². The van der Waals surface area contributed by atoms with Gasteiger partial charge in [-0.1, -0.05) is 37.3 Å². The van der Waals surface area contributed by atoms with Crippen molar-refractivity contribution in [1.82, 2.24) is 4.90 Å². The third-order valence-electron chi connectivity index (χ3n) is 7.26. The summed E-state index contributed by atoms with van der Waals surface area (Å²) in [4.78, 5) is 16.9. The van der Waals surface area contributed by atoms with Crippen molar-refractivity contribution < 1.29 is 14.3 Å². The summed E-state index contributed by atoms with van der Waals surface area (Å²) in [5.41, 5.74) is 10.7. The third-order valence-corrected chi connectivity index (χ3v) is 7.26. The molecule has 2 aromatic carbocycles. The van der Waals surface area contributed by atoms with Crippen LogP contribution in [0.15, 0.2) is 42.5 Å². The SMILES string of the molecule is CCc1cc(N)c(OC)cc1N1CCC2(CCN(C(=O)OCc3ccccc3)CC2)CC1. The highest BCUT2D eigenvalue weighted by molar-refractivity contribution is 5.68. The van der Waals surface area contributed by atoms with Gasteiger partial charge in [-0.15, -0.1) is 0 Å². The van der Waals surface area contributed by atoms with Gasteiger partial charge in [0.2, 0.25) is 0 Å². The number of benzene rings is 2. The molecule has 0 aromatic heterocycles. The van der Waals surface area contributed by atoms with E-state index in [0.717, 1.165) is 69.6 Å². The quantitative estimate of drug-likeness (QED) is 0.677. The Morgan fingerprint density at radius 2 is 1.69 bits per heavy atom. The van der Waals surface area contributed by atoms with E-state index in [4.69, 9.17) is 15.2 Å². The fraction of sp³-hybridized carbons (Fsp3) is 0.500. The monoisotopic (exact) mass is 437 g/mol. The maximum absolute atomic E-state index is 12.5. The van der Waals surface area contributed by atoms with Crippen LogP contribution in [0.4, 0.5) is 16.2 Å². The number of nitrogens with zero attached hydrogens (tertiary/aromatic N) is 2. The van der Waals surface area contributed by atoms with Crippen LogP contribution in [0.1, 0.15) is 43.7 Å². The predicted octanol–water partition coefficient (Wildman–Crippen LogP) is 4.86. The van der Waals surface area contributed by atoms with Crippen molar-refractivity contribution in [2.45, 2.75) is 45.6 Å². The van der Waals surface area contributed by atoms with Crippen LogP contribution >= 0.6 is 0 Å². The van der Waals surface area contributed by atoms with Crippen molar-refractivity contribution >= 4 is 17.5 Å². The first-order chi connectivity index (χ1) is 15.5. The molecule has 0 saturated carbocycles. The number of methoxy groups -OCH3 is 1. The average molecular weight is 438 g/mol. The van der Waals surface area contributed by atoms with Crippen LogP contribution in [0.3, 0.4) is 0 Å². The van der Waals surface area contributed by atoms with E-state index >= 15 is 0 Å². The molecule has 4 rings (SSSR count). The van der Waals surface area contributed by atoms with Gasteiger partial charge >= 0.3 is 6.09 Å². The molecule has 2 aliphatic rings. The number of anilines is 2. The lowest BCUT2D eigenvalue weighted by Crippen LogP contribution is -2.48. The minimum absolute atomic E-state index is 0.192. The molecule has 0 unspecified atom stereocenters. The van der Waals surface area contributed by atoms with E-state index in [1.807, 2.05) is 35.2 Å². The van der Waals surface area contributed by atoms with Gasteiger partial charge in [-0.3, -0.25) is 0 Å². The van der Waals surface area contributed by atoms with Crippen molar-refractivity contribution in [3.8, 4) is 5.75 Å². The highest BCUT2D eigenvalue weighted by atomic mass is 16.6. The summed E-state index contributed by atoms with van der Waals surface area (Å²) in [6.07, 6.45) is 5.15. The molecule has 2 fully saturated rings. The summed E-state index contributed by atoms with van der Waals surface area (Å²) in [6.45, 7) is 6.12. The molecule has 2 N–H and O–H groups in total. The molecule has 32 heavy (non-hydrogen) atoms. The van der Waals surface area contributed by atoms with Gasteiger partial charge in [0.05, 0.1) is 12.8 Å². The van der Waals surface area contributed by atoms with Crippen molar-refractivity contribution in [3.63, 3.8) is 0 Å². The van der Waals surface area contributed by atoms with E-state index < -0.39 is 0 Å². The lowest BCUT2D eigenvalue weighted by Gasteiger charge is -2.47. The highest BCUT2D eigenvalue weighted by Gasteiger charge is 2.39. The molecule has 1 amide bonds. The van der Waals surface area contributed by atoms with Crippen molar-refractivity contribution in [3.05, 3.63) is 53.6 Å². The molecule has 1 spiro atoms. The van der Waals surface area contributed by atoms with Crippen LogP contribution in [0.5, 0.6) is 5.75 Å². The number of aryl methyl sites for hydroxylation is 1. The standard InChI is InChI=1S/C26H35N3O3/c1-3-21-17-22(27)24(31-2)18-23(21)28-13-9-26(10-14-28)11-15-29(16-12-26)25(30)32-19-20-7-5-4-6-8-20/h4-8,17-18H,3,9-16,19,27H2,1-2H3. The largest absolute Gasteiger partial charge is 0.495 e. The molecule has 172 valence electrons. The second kappa shape index (κ2) is 9.72. The molecule has 6 nitrogen and oxygen atoms in total. The van der Waals surface area contributed by atoms with E-state index in [9.17, 15) is 4.79 Å². The summed E-state index contributed by atoms with van der Waals surface area (Å²) in [5.74, 6) is 0.750. The zero-order valence-electron chi connectivity index (χ0n) is 19.3. The number of carbonyl (C=O) groups is 1.